The molecule has 0 bridgehead atoms. The summed E-state index contributed by atoms with van der Waals surface area (Å²) in [5, 5.41) is 4.84. The largest absolute Gasteiger partial charge is 0.496 e. The molecule has 0 spiro atoms. The zero-order valence-corrected chi connectivity index (χ0v) is 14.7. The van der Waals surface area contributed by atoms with Gasteiger partial charge in [-0.15, -0.1) is 0 Å². The quantitative estimate of drug-likeness (QED) is 0.710. The lowest BCUT2D eigenvalue weighted by Gasteiger charge is -2.12. The molecule has 0 aliphatic carbocycles. The first-order valence-electron chi connectivity index (χ1n) is 7.90. The lowest BCUT2D eigenvalue weighted by molar-refractivity contribution is -0.137. The normalized spacial score (nSPS) is 10.9. The van der Waals surface area contributed by atoms with E-state index in [2.05, 4.69) is 10.6 Å². The molecule has 0 atom stereocenters. The van der Waals surface area contributed by atoms with Crippen LogP contribution in [-0.4, -0.2) is 33.4 Å². The summed E-state index contributed by atoms with van der Waals surface area (Å²) in [5.41, 5.74) is -0.795. The minimum absolute atomic E-state index is 0.0424. The van der Waals surface area contributed by atoms with Crippen molar-refractivity contribution in [2.75, 3.05) is 32.7 Å². The number of amides is 2. The number of hydrogen-bond donors (Lipinski definition) is 2. The third-order valence-electron chi connectivity index (χ3n) is 3.43. The van der Waals surface area contributed by atoms with Crippen LogP contribution in [0.1, 0.15) is 5.56 Å². The van der Waals surface area contributed by atoms with Crippen LogP contribution in [0, 0.1) is 0 Å². The lowest BCUT2D eigenvalue weighted by atomic mass is 10.2. The van der Waals surface area contributed by atoms with Crippen molar-refractivity contribution in [3.63, 3.8) is 0 Å². The van der Waals surface area contributed by atoms with Gasteiger partial charge < -0.3 is 24.8 Å². The number of methoxy groups -OCH3 is 2. The second-order valence-corrected chi connectivity index (χ2v) is 5.36. The molecule has 0 aliphatic rings. The Kier molecular flexibility index (Phi) is 6.75. The molecule has 0 heterocycles. The Balaban J connectivity index is 1.82. The second kappa shape index (κ2) is 9.02. The van der Waals surface area contributed by atoms with Crippen molar-refractivity contribution in [1.82, 2.24) is 5.32 Å². The summed E-state index contributed by atoms with van der Waals surface area (Å²) in [6.45, 7) is 0.288. The molecule has 0 unspecified atom stereocenters. The van der Waals surface area contributed by atoms with Gasteiger partial charge in [0.15, 0.2) is 0 Å². The highest BCUT2D eigenvalue weighted by Gasteiger charge is 2.30. The van der Waals surface area contributed by atoms with Gasteiger partial charge in [0.05, 0.1) is 26.3 Å². The van der Waals surface area contributed by atoms with Gasteiger partial charge in [0.25, 0.3) is 0 Å². The molecule has 146 valence electrons. The molecule has 2 aromatic rings. The third kappa shape index (κ3) is 6.28. The molecule has 9 heteroatoms. The van der Waals surface area contributed by atoms with Crippen molar-refractivity contribution in [1.29, 1.82) is 0 Å². The number of hydrogen-bond acceptors (Lipinski definition) is 4. The van der Waals surface area contributed by atoms with E-state index >= 15 is 0 Å². The number of urea groups is 1. The standard InChI is InChI=1S/C18H19F3N2O4/c1-25-14-9-15(26-2)11-16(10-14)27-7-6-22-17(24)23-13-5-3-4-12(8-13)18(19,20)21/h3-5,8-11H,6-7H2,1-2H3,(H2,22,23,24). The molecule has 0 saturated carbocycles. The number of halogens is 3. The van der Waals surface area contributed by atoms with Crippen LogP contribution in [-0.2, 0) is 6.18 Å². The minimum atomic E-state index is -4.47. The summed E-state index contributed by atoms with van der Waals surface area (Å²) in [7, 11) is 3.02. The zero-order chi connectivity index (χ0) is 19.9. The second-order valence-electron chi connectivity index (χ2n) is 5.36. The Bertz CT molecular complexity index is 759. The SMILES string of the molecule is COc1cc(OC)cc(OCCNC(=O)Nc2cccc(C(F)(F)F)c2)c1. The predicted octanol–water partition coefficient (Wildman–Crippen LogP) is 3.92. The highest BCUT2D eigenvalue weighted by atomic mass is 19.4. The van der Waals surface area contributed by atoms with Crippen molar-refractivity contribution in [2.45, 2.75) is 6.18 Å². The highest BCUT2D eigenvalue weighted by Crippen LogP contribution is 2.30. The van der Waals surface area contributed by atoms with Gasteiger partial charge in [0.1, 0.15) is 23.9 Å². The van der Waals surface area contributed by atoms with E-state index in [1.54, 1.807) is 18.2 Å². The van der Waals surface area contributed by atoms with Crippen molar-refractivity contribution >= 4 is 11.7 Å². The summed E-state index contributed by atoms with van der Waals surface area (Å²) in [5.74, 6) is 1.60. The van der Waals surface area contributed by atoms with E-state index < -0.39 is 17.8 Å². The monoisotopic (exact) mass is 384 g/mol. The van der Waals surface area contributed by atoms with Crippen molar-refractivity contribution in [2.24, 2.45) is 0 Å². The van der Waals surface area contributed by atoms with Crippen molar-refractivity contribution in [3.05, 3.63) is 48.0 Å². The molecule has 0 aliphatic heterocycles. The van der Waals surface area contributed by atoms with Gasteiger partial charge in [-0.25, -0.2) is 4.79 Å². The van der Waals surface area contributed by atoms with E-state index in [9.17, 15) is 18.0 Å². The number of carbonyl (C=O) groups is 1. The lowest BCUT2D eigenvalue weighted by Crippen LogP contribution is -2.32. The highest BCUT2D eigenvalue weighted by molar-refractivity contribution is 5.89. The van der Waals surface area contributed by atoms with Gasteiger partial charge in [-0.3, -0.25) is 0 Å². The predicted molar refractivity (Wildman–Crippen MR) is 93.5 cm³/mol. The summed E-state index contributed by atoms with van der Waals surface area (Å²) in [6, 6.07) is 8.74. The van der Waals surface area contributed by atoms with E-state index in [4.69, 9.17) is 14.2 Å². The molecule has 2 amide bonds. The van der Waals surface area contributed by atoms with Crippen LogP contribution >= 0.6 is 0 Å². The molecular weight excluding hydrogens is 365 g/mol. The van der Waals surface area contributed by atoms with Crippen LogP contribution in [0.5, 0.6) is 17.2 Å². The summed E-state index contributed by atoms with van der Waals surface area (Å²) in [6.07, 6.45) is -4.47. The molecule has 0 saturated heterocycles. The maximum absolute atomic E-state index is 12.7. The number of carbonyl (C=O) groups excluding carboxylic acids is 1. The summed E-state index contributed by atoms with van der Waals surface area (Å²) >= 11 is 0. The molecular formula is C18H19F3N2O4. The fraction of sp³-hybridized carbons (Fsp3) is 0.278. The third-order valence-corrected chi connectivity index (χ3v) is 3.43. The van der Waals surface area contributed by atoms with Crippen LogP contribution < -0.4 is 24.8 Å². The maximum Gasteiger partial charge on any atom is 0.416 e. The number of benzene rings is 2. The Morgan fingerprint density at radius 2 is 1.63 bits per heavy atom. The van der Waals surface area contributed by atoms with Crippen LogP contribution in [0.2, 0.25) is 0 Å². The van der Waals surface area contributed by atoms with Crippen LogP contribution in [0.3, 0.4) is 0 Å². The molecule has 2 aromatic carbocycles. The number of anilines is 1. The van der Waals surface area contributed by atoms with E-state index in [1.165, 1.54) is 26.4 Å². The van der Waals surface area contributed by atoms with Gasteiger partial charge in [-0.1, -0.05) is 6.07 Å². The van der Waals surface area contributed by atoms with Gasteiger partial charge >= 0.3 is 12.2 Å². The first kappa shape index (κ1) is 20.2. The molecule has 0 fully saturated rings. The average Bonchev–Trinajstić information content (AvgIpc) is 2.64. The number of alkyl halides is 3. The first-order valence-corrected chi connectivity index (χ1v) is 7.90. The first-order chi connectivity index (χ1) is 12.8. The molecule has 27 heavy (non-hydrogen) atoms. The number of rotatable bonds is 7. The molecule has 0 aromatic heterocycles. The van der Waals surface area contributed by atoms with E-state index in [1.807, 2.05) is 0 Å². The van der Waals surface area contributed by atoms with E-state index in [0.717, 1.165) is 12.1 Å². The number of ether oxygens (including phenoxy) is 3. The fourth-order valence-electron chi connectivity index (χ4n) is 2.15. The summed E-state index contributed by atoms with van der Waals surface area (Å²) in [4.78, 5) is 11.8. The average molecular weight is 384 g/mol. The van der Waals surface area contributed by atoms with Crippen LogP contribution in [0.4, 0.5) is 23.7 Å². The Hall–Kier alpha value is -3.10. The van der Waals surface area contributed by atoms with Gasteiger partial charge in [-0.05, 0) is 18.2 Å². The topological polar surface area (TPSA) is 68.8 Å². The molecule has 0 radical (unpaired) electrons. The van der Waals surface area contributed by atoms with Crippen LogP contribution in [0.25, 0.3) is 0 Å². The maximum atomic E-state index is 12.7. The molecule has 6 nitrogen and oxygen atoms in total. The van der Waals surface area contributed by atoms with Gasteiger partial charge in [0.2, 0.25) is 0 Å². The Labute approximate surface area is 154 Å². The van der Waals surface area contributed by atoms with E-state index in [-0.39, 0.29) is 18.8 Å². The van der Waals surface area contributed by atoms with Crippen LogP contribution in [0.15, 0.2) is 42.5 Å². The Morgan fingerprint density at radius 1 is 1.00 bits per heavy atom. The van der Waals surface area contributed by atoms with E-state index in [0.29, 0.717) is 17.2 Å². The number of nitrogens with one attached hydrogen (secondary N) is 2. The van der Waals surface area contributed by atoms with Gasteiger partial charge in [0, 0.05) is 23.9 Å². The smallest absolute Gasteiger partial charge is 0.416 e. The van der Waals surface area contributed by atoms with Crippen molar-refractivity contribution in [3.8, 4) is 17.2 Å². The Morgan fingerprint density at radius 3 is 2.22 bits per heavy atom. The fourth-order valence-corrected chi connectivity index (χ4v) is 2.15. The molecule has 2 rings (SSSR count). The van der Waals surface area contributed by atoms with Crippen molar-refractivity contribution < 1.29 is 32.2 Å². The minimum Gasteiger partial charge on any atom is -0.496 e. The summed E-state index contributed by atoms with van der Waals surface area (Å²) < 4.78 is 53.7. The van der Waals surface area contributed by atoms with Gasteiger partial charge in [-0.2, -0.15) is 13.2 Å². The zero-order valence-electron chi connectivity index (χ0n) is 14.7. The molecule has 2 N–H and O–H groups in total.